The summed E-state index contributed by atoms with van der Waals surface area (Å²) in [5.74, 6) is 0. The fourth-order valence-electron chi connectivity index (χ4n) is 0. The van der Waals surface area contributed by atoms with Crippen molar-refractivity contribution in [1.29, 1.82) is 0 Å². The summed E-state index contributed by atoms with van der Waals surface area (Å²) in [6, 6.07) is 0. The summed E-state index contributed by atoms with van der Waals surface area (Å²) in [5.41, 5.74) is 0. The molecule has 0 amide bonds. The smallest absolute Gasteiger partial charge is 0.358 e. The van der Waals surface area contributed by atoms with E-state index >= 15 is 0 Å². The minimum absolute atomic E-state index is 0. The Bertz CT molecular complexity index is 3.61. The Labute approximate surface area is 56.1 Å². The summed E-state index contributed by atoms with van der Waals surface area (Å²) in [4.78, 5) is 0. The third kappa shape index (κ3) is 52.0. The third-order valence-electron chi connectivity index (χ3n) is 0. The zero-order valence-electron chi connectivity index (χ0n) is 4.50. The van der Waals surface area contributed by atoms with Crippen molar-refractivity contribution >= 4 is 0 Å². The van der Waals surface area contributed by atoms with Gasteiger partial charge in [-0.3, -0.25) is 0 Å². The van der Waals surface area contributed by atoms with Gasteiger partial charge in [-0.05, 0) is 0 Å². The number of hydrogen-bond acceptors (Lipinski definition) is 0. The van der Waals surface area contributed by atoms with Gasteiger partial charge in [-0.15, -0.1) is 0 Å². The molecular weight excluding hydrogens is 141 g/mol. The first-order valence-corrected chi connectivity index (χ1v) is 0. The Morgan fingerprint density at radius 3 is 0.400 bits per heavy atom. The van der Waals surface area contributed by atoms with E-state index in [2.05, 4.69) is 0 Å². The molecule has 1 heteroatoms. The molecule has 0 aromatic heterocycles. The van der Waals surface area contributed by atoms with Crippen LogP contribution in [0.5, 0.6) is 0 Å². The normalized spacial score (nSPS) is 0. The van der Waals surface area contributed by atoms with Crippen LogP contribution in [0.15, 0.2) is 0 Å². The van der Waals surface area contributed by atoms with Gasteiger partial charge in [0.15, 0.2) is 0 Å². The first-order chi connectivity index (χ1) is 0. The second-order valence-electron chi connectivity index (χ2n) is 0. The Morgan fingerprint density at radius 2 is 0.400 bits per heavy atom. The van der Waals surface area contributed by atoms with Crippen LogP contribution in [0.2, 0.25) is 0 Å². The van der Waals surface area contributed by atoms with Crippen molar-refractivity contribution in [2.75, 3.05) is 0 Å². The van der Waals surface area contributed by atoms with Crippen LogP contribution >= 0.6 is 0 Å². The van der Waals surface area contributed by atoms with Gasteiger partial charge in [0.1, 0.15) is 0 Å². The van der Waals surface area contributed by atoms with E-state index in [1.165, 1.54) is 0 Å². The summed E-state index contributed by atoms with van der Waals surface area (Å²) in [6.45, 7) is 0. The molecule has 0 aromatic rings. The Hall–Kier alpha value is 0.883. The van der Waals surface area contributed by atoms with Crippen molar-refractivity contribution in [3.05, 3.63) is 29.7 Å². The van der Waals surface area contributed by atoms with Crippen molar-refractivity contribution in [3.63, 3.8) is 0 Å². The maximum absolute atomic E-state index is 0. The van der Waals surface area contributed by atoms with Gasteiger partial charge < -0.3 is 29.7 Å². The predicted molar refractivity (Wildman–Crippen MR) is 25.7 cm³/mol. The van der Waals surface area contributed by atoms with Crippen molar-refractivity contribution in [1.82, 2.24) is 0 Å². The van der Waals surface area contributed by atoms with Crippen LogP contribution in [0.3, 0.4) is 0 Å². The number of rotatable bonds is 0. The van der Waals surface area contributed by atoms with Gasteiger partial charge in [0.25, 0.3) is 0 Å². The summed E-state index contributed by atoms with van der Waals surface area (Å²) in [6.07, 6.45) is 0. The summed E-state index contributed by atoms with van der Waals surface area (Å²) in [5, 5.41) is 0. The van der Waals surface area contributed by atoms with Crippen molar-refractivity contribution < 1.29 is 26.2 Å². The molecule has 0 heterocycles. The first kappa shape index (κ1) is 180. The molecule has 0 spiro atoms. The average Bonchev–Trinajstić information content (AvgIpc) is 0. The molecule has 0 aliphatic carbocycles. The predicted octanol–water partition coefficient (Wildman–Crippen LogP) is 1.80. The summed E-state index contributed by atoms with van der Waals surface area (Å²) >= 11 is 0. The molecule has 0 atom stereocenters. The maximum Gasteiger partial charge on any atom is 4.00 e. The monoisotopic (exact) mass is 152 g/mol. The third-order valence-corrected chi connectivity index (χ3v) is 0. The van der Waals surface area contributed by atoms with Gasteiger partial charge in [-0.2, -0.15) is 0 Å². The van der Waals surface area contributed by atoms with Crippen LogP contribution in [0, 0.1) is 29.7 Å². The van der Waals surface area contributed by atoms with E-state index in [9.17, 15) is 0 Å². The molecule has 0 aromatic carbocycles. The maximum atomic E-state index is 0. The average molecular weight is 153 g/mol. The second-order valence-corrected chi connectivity index (χ2v) is 0. The minimum Gasteiger partial charge on any atom is -0.358 e. The van der Waals surface area contributed by atoms with Crippen molar-refractivity contribution in [2.45, 2.75) is 0 Å². The molecule has 0 nitrogen and oxygen atoms in total. The number of hydrogen-bond donors (Lipinski definition) is 0. The van der Waals surface area contributed by atoms with E-state index in [1.54, 1.807) is 0 Å². The van der Waals surface area contributed by atoms with Crippen LogP contribution in [0.25, 0.3) is 0 Å². The van der Waals surface area contributed by atoms with Crippen LogP contribution in [-0.4, -0.2) is 0 Å². The summed E-state index contributed by atoms with van der Waals surface area (Å²) in [7, 11) is 0. The van der Waals surface area contributed by atoms with Crippen molar-refractivity contribution in [3.8, 4) is 0 Å². The van der Waals surface area contributed by atoms with E-state index in [0.29, 0.717) is 0 Å². The molecule has 0 saturated carbocycles. The fraction of sp³-hybridized carbons (Fsp3) is 0. The minimum atomic E-state index is 0. The van der Waals surface area contributed by atoms with E-state index in [0.717, 1.165) is 0 Å². The zero-order valence-corrected chi connectivity index (χ0v) is 6.96. The largest absolute Gasteiger partial charge is 4.00 e. The molecule has 5 heavy (non-hydrogen) atoms. The molecule has 0 aliphatic heterocycles. The van der Waals surface area contributed by atoms with E-state index < -0.39 is 0 Å². The van der Waals surface area contributed by atoms with Gasteiger partial charge in [-0.25, -0.2) is 0 Å². The zero-order chi connectivity index (χ0) is 0. The molecule has 0 N–H and O–H groups in total. The molecule has 0 fully saturated rings. The van der Waals surface area contributed by atoms with Crippen molar-refractivity contribution in [2.24, 2.45) is 0 Å². The van der Waals surface area contributed by atoms with Gasteiger partial charge in [-0.1, -0.05) is 0 Å². The first-order valence-electron chi connectivity index (χ1n) is 0. The van der Waals surface area contributed by atoms with Gasteiger partial charge in [0.2, 0.25) is 0 Å². The van der Waals surface area contributed by atoms with Crippen LogP contribution in [0.1, 0.15) is 0 Å². The van der Waals surface area contributed by atoms with Gasteiger partial charge >= 0.3 is 26.2 Å². The SMILES string of the molecule is [13CH3-].[13CH3-].[CH3-].[CH3-].[Zr+4]. The topological polar surface area (TPSA) is 0 Å². The molecule has 32 valence electrons. The fourth-order valence-corrected chi connectivity index (χ4v) is 0. The summed E-state index contributed by atoms with van der Waals surface area (Å²) < 4.78 is 0. The Morgan fingerprint density at radius 1 is 0.400 bits per heavy atom. The van der Waals surface area contributed by atoms with E-state index in [1.807, 2.05) is 0 Å². The Balaban J connectivity index is 0. The van der Waals surface area contributed by atoms with E-state index in [4.69, 9.17) is 0 Å². The molecule has 0 rings (SSSR count). The standard InChI is InChI=1S/4CH3.Zr/h4*1H3;/q4*-1;+4/i2*1+1;;;. The molecule has 0 aliphatic rings. The molecular formula is C4H12Zr. The van der Waals surface area contributed by atoms with E-state index in [-0.39, 0.29) is 55.9 Å². The van der Waals surface area contributed by atoms with Gasteiger partial charge in [0.05, 0.1) is 0 Å². The molecule has 0 bridgehead atoms. The van der Waals surface area contributed by atoms with Crippen LogP contribution in [-0.2, 0) is 26.2 Å². The molecule has 0 saturated heterocycles. The molecule has 0 radical (unpaired) electrons. The Kier molecular flexibility index (Phi) is 3400. The van der Waals surface area contributed by atoms with Gasteiger partial charge in [0, 0.05) is 0 Å². The second kappa shape index (κ2) is 94.4. The molecule has 0 unspecified atom stereocenters. The van der Waals surface area contributed by atoms with Crippen LogP contribution < -0.4 is 0 Å². The van der Waals surface area contributed by atoms with Crippen LogP contribution in [0.4, 0.5) is 0 Å². The quantitative estimate of drug-likeness (QED) is 0.368.